The van der Waals surface area contributed by atoms with E-state index in [4.69, 9.17) is 10.6 Å². The third-order valence-electron chi connectivity index (χ3n) is 4.93. The van der Waals surface area contributed by atoms with Crippen molar-refractivity contribution in [2.75, 3.05) is 23.8 Å². The van der Waals surface area contributed by atoms with Crippen LogP contribution in [0.2, 0.25) is 0 Å². The maximum absolute atomic E-state index is 13.0. The first kappa shape index (κ1) is 26.3. The second kappa shape index (κ2) is 11.5. The fourth-order valence-electron chi connectivity index (χ4n) is 3.36. The highest BCUT2D eigenvalue weighted by Crippen LogP contribution is 2.41. The number of tetrazole rings is 1. The van der Waals surface area contributed by atoms with Gasteiger partial charge in [0, 0.05) is 23.0 Å². The summed E-state index contributed by atoms with van der Waals surface area (Å²) < 4.78 is 5.50. The summed E-state index contributed by atoms with van der Waals surface area (Å²) in [7, 11) is 0. The molecular formula is C19H20N10O5S3. The van der Waals surface area contributed by atoms with Gasteiger partial charge in [-0.25, -0.2) is 9.48 Å². The molecule has 15 nitrogen and oxygen atoms in total. The highest BCUT2D eigenvalue weighted by Gasteiger charge is 2.54. The first-order valence-electron chi connectivity index (χ1n) is 10.5. The zero-order valence-electron chi connectivity index (χ0n) is 19.0. The van der Waals surface area contributed by atoms with E-state index in [2.05, 4.69) is 48.5 Å². The van der Waals surface area contributed by atoms with Crippen LogP contribution >= 0.6 is 35.1 Å². The van der Waals surface area contributed by atoms with E-state index in [1.807, 2.05) is 0 Å². The Morgan fingerprint density at radius 1 is 1.38 bits per heavy atom. The lowest BCUT2D eigenvalue weighted by Crippen LogP contribution is -2.71. The fourth-order valence-corrected chi connectivity index (χ4v) is 6.17. The van der Waals surface area contributed by atoms with Gasteiger partial charge in [0.05, 0.1) is 6.54 Å². The number of nitrogens with zero attached hydrogens (tertiary/aromatic N) is 8. The Labute approximate surface area is 222 Å². The number of anilines is 1. The highest BCUT2D eigenvalue weighted by atomic mass is 32.2. The van der Waals surface area contributed by atoms with Crippen LogP contribution in [0.25, 0.3) is 0 Å². The standard InChI is InChI=1S/C19H20N10O5S3/c1-3-5-28-19(23-26-27-28)36-8-9-7-35-16-11(15(31)29(16)12(9)17(32)33)21-14(30)10(24-34-6-4-2)13-22-18(20)37-25-13/h3-4,11,16H,1-2,5-8H2,(H,21,30)(H,32,33)(H2,20,22,25)/t11?,16-/m0/s1. The molecule has 2 aromatic rings. The molecule has 1 fully saturated rings. The number of hydrogen-bond acceptors (Lipinski definition) is 14. The maximum Gasteiger partial charge on any atom is 0.352 e. The smallest absolute Gasteiger partial charge is 0.352 e. The number of aliphatic carboxylic acids is 1. The van der Waals surface area contributed by atoms with Crippen molar-refractivity contribution in [3.63, 3.8) is 0 Å². The average Bonchev–Trinajstić information content (AvgIpc) is 3.51. The van der Waals surface area contributed by atoms with E-state index in [0.717, 1.165) is 11.5 Å². The fraction of sp³-hybridized carbons (Fsp3) is 0.316. The number of nitrogens with one attached hydrogen (secondary N) is 1. The second-order valence-corrected chi connectivity index (χ2v) is 10.2. The molecule has 2 aromatic heterocycles. The summed E-state index contributed by atoms with van der Waals surface area (Å²) >= 11 is 3.45. The SMILES string of the molecule is C=CCON=C(C(=O)NC1C(=O)N2C(C(=O)O)=C(CSc3nnnn3CC=C)CS[C@@H]12)c1nsc(N)n1. The first-order chi connectivity index (χ1) is 17.8. The molecule has 0 aromatic carbocycles. The van der Waals surface area contributed by atoms with E-state index in [0.29, 0.717) is 23.0 Å². The minimum absolute atomic E-state index is 0.0263. The molecule has 1 saturated heterocycles. The van der Waals surface area contributed by atoms with Crippen LogP contribution in [0.15, 0.2) is 46.9 Å². The largest absolute Gasteiger partial charge is 0.477 e. The number of carboxylic acids is 1. The second-order valence-electron chi connectivity index (χ2n) is 7.32. The summed E-state index contributed by atoms with van der Waals surface area (Å²) in [4.78, 5) is 48.2. The molecule has 2 aliphatic heterocycles. The molecule has 4 rings (SSSR count). The van der Waals surface area contributed by atoms with E-state index in [9.17, 15) is 19.5 Å². The summed E-state index contributed by atoms with van der Waals surface area (Å²) in [6, 6.07) is -0.985. The number of hydrogen-bond donors (Lipinski definition) is 3. The zero-order valence-corrected chi connectivity index (χ0v) is 21.5. The number of allylic oxidation sites excluding steroid dienone is 1. The van der Waals surface area contributed by atoms with E-state index < -0.39 is 29.2 Å². The predicted molar refractivity (Wildman–Crippen MR) is 135 cm³/mol. The van der Waals surface area contributed by atoms with Crippen LogP contribution in [0.5, 0.6) is 0 Å². The number of nitrogens with two attached hydrogens (primary N) is 1. The topological polar surface area (TPSA) is 204 Å². The van der Waals surface area contributed by atoms with E-state index in [-0.39, 0.29) is 34.7 Å². The van der Waals surface area contributed by atoms with E-state index in [1.54, 1.807) is 6.08 Å². The number of carboxylic acid groups (broad SMARTS) is 1. The Hall–Kier alpha value is -3.77. The van der Waals surface area contributed by atoms with Crippen LogP contribution in [-0.4, -0.2) is 92.6 Å². The summed E-state index contributed by atoms with van der Waals surface area (Å²) in [5.41, 5.74) is 5.76. The van der Waals surface area contributed by atoms with Gasteiger partial charge in [0.2, 0.25) is 16.7 Å². The van der Waals surface area contributed by atoms with Crippen LogP contribution < -0.4 is 11.1 Å². The monoisotopic (exact) mass is 564 g/mol. The van der Waals surface area contributed by atoms with Crippen LogP contribution in [0.3, 0.4) is 0 Å². The van der Waals surface area contributed by atoms with Gasteiger partial charge in [-0.2, -0.15) is 9.36 Å². The van der Waals surface area contributed by atoms with E-state index >= 15 is 0 Å². The molecule has 2 atom stereocenters. The molecular weight excluding hydrogens is 544 g/mol. The van der Waals surface area contributed by atoms with Gasteiger partial charge in [-0.15, -0.1) is 23.4 Å². The van der Waals surface area contributed by atoms with Gasteiger partial charge in [-0.1, -0.05) is 35.6 Å². The first-order valence-corrected chi connectivity index (χ1v) is 13.3. The van der Waals surface area contributed by atoms with Crippen molar-refractivity contribution < 1.29 is 24.3 Å². The Morgan fingerprint density at radius 3 is 2.86 bits per heavy atom. The van der Waals surface area contributed by atoms with Crippen molar-refractivity contribution in [3.05, 3.63) is 42.4 Å². The maximum atomic E-state index is 13.0. The number of amides is 2. The van der Waals surface area contributed by atoms with Crippen molar-refractivity contribution in [2.45, 2.75) is 23.1 Å². The lowest BCUT2D eigenvalue weighted by atomic mass is 10.0. The molecule has 0 radical (unpaired) electrons. The van der Waals surface area contributed by atoms with Gasteiger partial charge < -0.3 is 21.0 Å². The van der Waals surface area contributed by atoms with Crippen LogP contribution in [0.4, 0.5) is 5.13 Å². The van der Waals surface area contributed by atoms with Crippen molar-refractivity contribution in [3.8, 4) is 0 Å². The third kappa shape index (κ3) is 5.49. The van der Waals surface area contributed by atoms with Crippen molar-refractivity contribution in [1.82, 2.24) is 39.8 Å². The van der Waals surface area contributed by atoms with Crippen LogP contribution in [0.1, 0.15) is 5.82 Å². The summed E-state index contributed by atoms with van der Waals surface area (Å²) in [5, 5.41) is 27.6. The number of carbonyl (C=O) groups is 3. The minimum atomic E-state index is -1.24. The summed E-state index contributed by atoms with van der Waals surface area (Å²) in [6.45, 7) is 7.58. The van der Waals surface area contributed by atoms with Gasteiger partial charge in [0.1, 0.15) is 23.7 Å². The molecule has 0 saturated carbocycles. The molecule has 194 valence electrons. The van der Waals surface area contributed by atoms with Crippen LogP contribution in [-0.2, 0) is 25.8 Å². The number of thioether (sulfide) groups is 2. The minimum Gasteiger partial charge on any atom is -0.477 e. The van der Waals surface area contributed by atoms with Crippen molar-refractivity contribution in [2.24, 2.45) is 5.16 Å². The average molecular weight is 565 g/mol. The van der Waals surface area contributed by atoms with Gasteiger partial charge in [0.15, 0.2) is 5.13 Å². The van der Waals surface area contributed by atoms with Crippen LogP contribution in [0, 0.1) is 0 Å². The normalized spacial score (nSPS) is 19.2. The Kier molecular flexibility index (Phi) is 8.19. The Morgan fingerprint density at radius 2 is 2.19 bits per heavy atom. The lowest BCUT2D eigenvalue weighted by molar-refractivity contribution is -0.150. The number of rotatable bonds is 12. The molecule has 0 bridgehead atoms. The Balaban J connectivity index is 1.49. The Bertz CT molecular complexity index is 1300. The molecule has 1 unspecified atom stereocenters. The van der Waals surface area contributed by atoms with Crippen molar-refractivity contribution in [1.29, 1.82) is 0 Å². The quantitative estimate of drug-likeness (QED) is 0.0759. The van der Waals surface area contributed by atoms with Gasteiger partial charge in [-0.05, 0) is 16.0 Å². The molecule has 0 aliphatic carbocycles. The molecule has 4 heterocycles. The van der Waals surface area contributed by atoms with Gasteiger partial charge >= 0.3 is 5.97 Å². The molecule has 37 heavy (non-hydrogen) atoms. The number of aromatic nitrogens is 6. The lowest BCUT2D eigenvalue weighted by Gasteiger charge is -2.49. The molecule has 4 N–H and O–H groups in total. The molecule has 2 amide bonds. The predicted octanol–water partition coefficient (Wildman–Crippen LogP) is -0.270. The number of carbonyl (C=O) groups excluding carboxylic acids is 2. The number of nitrogen functional groups attached to an aromatic ring is 1. The van der Waals surface area contributed by atoms with Gasteiger partial charge in [-0.3, -0.25) is 14.5 Å². The third-order valence-corrected chi connectivity index (χ3v) is 7.86. The van der Waals surface area contributed by atoms with Gasteiger partial charge in [0.25, 0.3) is 11.8 Å². The molecule has 18 heteroatoms. The zero-order chi connectivity index (χ0) is 26.5. The molecule has 0 spiro atoms. The summed E-state index contributed by atoms with van der Waals surface area (Å²) in [6.07, 6.45) is 3.07. The number of β-lactam (4-membered cyclic amide) rings is 1. The van der Waals surface area contributed by atoms with E-state index in [1.165, 1.54) is 39.2 Å². The molecule has 2 aliphatic rings. The highest BCUT2D eigenvalue weighted by molar-refractivity contribution is 8.01. The van der Waals surface area contributed by atoms with Crippen molar-refractivity contribution >= 4 is 63.7 Å². The summed E-state index contributed by atoms with van der Waals surface area (Å²) in [5.74, 6) is -2.06. The number of oxime groups is 1. The number of fused-ring (bicyclic) bond motifs is 1.